The highest BCUT2D eigenvalue weighted by atomic mass is 35.5. The van der Waals surface area contributed by atoms with Gasteiger partial charge in [-0.3, -0.25) is 4.79 Å². The van der Waals surface area contributed by atoms with Crippen molar-refractivity contribution in [1.29, 1.82) is 0 Å². The quantitative estimate of drug-likeness (QED) is 0.884. The van der Waals surface area contributed by atoms with Gasteiger partial charge in [-0.05, 0) is 12.1 Å². The van der Waals surface area contributed by atoms with E-state index in [4.69, 9.17) is 22.1 Å². The van der Waals surface area contributed by atoms with Crippen LogP contribution in [0.5, 0.6) is 0 Å². The summed E-state index contributed by atoms with van der Waals surface area (Å²) in [6.45, 7) is 0.529. The number of ether oxygens (including phenoxy) is 1. The Balaban J connectivity index is 1.99. The van der Waals surface area contributed by atoms with E-state index in [1.54, 1.807) is 0 Å². The number of nitrogens with one attached hydrogen (secondary N) is 1. The van der Waals surface area contributed by atoms with Crippen LogP contribution in [0, 0.1) is 11.6 Å². The number of halogens is 3. The van der Waals surface area contributed by atoms with Gasteiger partial charge in [-0.2, -0.15) is 0 Å². The standard InChI is InChI=1S/C14H14ClF2N3O2/c1-22-9-5-20(4-7(9)18)14(21)13-12(17)10-8(19-13)3-2-6(16)11(10)15/h2-3,7,9,19H,4-5,18H2,1H3/t7-,9+/m0/s1. The highest BCUT2D eigenvalue weighted by Crippen LogP contribution is 2.31. The number of benzene rings is 1. The van der Waals surface area contributed by atoms with Crippen molar-refractivity contribution in [2.24, 2.45) is 5.73 Å². The van der Waals surface area contributed by atoms with Crippen LogP contribution >= 0.6 is 11.6 Å². The van der Waals surface area contributed by atoms with Gasteiger partial charge in [-0.15, -0.1) is 0 Å². The molecule has 1 aromatic heterocycles. The highest BCUT2D eigenvalue weighted by Gasteiger charge is 2.35. The van der Waals surface area contributed by atoms with Crippen LogP contribution in [0.2, 0.25) is 5.02 Å². The molecule has 22 heavy (non-hydrogen) atoms. The number of fused-ring (bicyclic) bond motifs is 1. The van der Waals surface area contributed by atoms with Crippen molar-refractivity contribution >= 4 is 28.4 Å². The van der Waals surface area contributed by atoms with Gasteiger partial charge >= 0.3 is 0 Å². The van der Waals surface area contributed by atoms with Crippen LogP contribution in [-0.4, -0.2) is 48.1 Å². The van der Waals surface area contributed by atoms with Crippen LogP contribution in [0.1, 0.15) is 10.5 Å². The fourth-order valence-electron chi connectivity index (χ4n) is 2.70. The summed E-state index contributed by atoms with van der Waals surface area (Å²) in [7, 11) is 1.50. The molecule has 0 unspecified atom stereocenters. The lowest BCUT2D eigenvalue weighted by Gasteiger charge is -2.14. The molecule has 1 saturated heterocycles. The second kappa shape index (κ2) is 5.49. The maximum Gasteiger partial charge on any atom is 0.273 e. The Hall–Kier alpha value is -1.70. The second-order valence-corrected chi connectivity index (χ2v) is 5.62. The number of nitrogens with two attached hydrogens (primary N) is 1. The number of aromatic amines is 1. The monoisotopic (exact) mass is 329 g/mol. The molecule has 0 bridgehead atoms. The first kappa shape index (κ1) is 15.2. The number of hydrogen-bond donors (Lipinski definition) is 2. The van der Waals surface area contributed by atoms with E-state index in [2.05, 4.69) is 4.98 Å². The molecule has 0 saturated carbocycles. The van der Waals surface area contributed by atoms with Gasteiger partial charge in [0.15, 0.2) is 5.82 Å². The molecule has 1 fully saturated rings. The van der Waals surface area contributed by atoms with E-state index >= 15 is 0 Å². The molecule has 1 aromatic carbocycles. The van der Waals surface area contributed by atoms with Gasteiger partial charge in [-0.1, -0.05) is 11.6 Å². The van der Waals surface area contributed by atoms with Gasteiger partial charge in [0, 0.05) is 20.2 Å². The second-order valence-electron chi connectivity index (χ2n) is 5.25. The normalized spacial score (nSPS) is 21.8. The van der Waals surface area contributed by atoms with E-state index in [9.17, 15) is 13.6 Å². The molecule has 0 aliphatic carbocycles. The minimum atomic E-state index is -0.862. The zero-order valence-electron chi connectivity index (χ0n) is 11.7. The van der Waals surface area contributed by atoms with Crippen LogP contribution in [0.3, 0.4) is 0 Å². The van der Waals surface area contributed by atoms with Crippen molar-refractivity contribution in [2.75, 3.05) is 20.2 Å². The number of H-pyrrole nitrogens is 1. The number of methoxy groups -OCH3 is 1. The maximum absolute atomic E-state index is 14.5. The van der Waals surface area contributed by atoms with Gasteiger partial charge in [0.05, 0.1) is 28.1 Å². The summed E-state index contributed by atoms with van der Waals surface area (Å²) in [5.41, 5.74) is 5.86. The summed E-state index contributed by atoms with van der Waals surface area (Å²) in [5, 5.41) is -0.477. The molecule has 3 N–H and O–H groups in total. The van der Waals surface area contributed by atoms with Gasteiger partial charge in [0.25, 0.3) is 5.91 Å². The van der Waals surface area contributed by atoms with Gasteiger partial charge in [0.1, 0.15) is 11.5 Å². The summed E-state index contributed by atoms with van der Waals surface area (Å²) in [6, 6.07) is 2.12. The molecule has 0 radical (unpaired) electrons. The first-order chi connectivity index (χ1) is 10.4. The third-order valence-electron chi connectivity index (χ3n) is 3.91. The summed E-state index contributed by atoms with van der Waals surface area (Å²) < 4.78 is 33.1. The number of likely N-dealkylation sites (tertiary alicyclic amines) is 1. The molecular weight excluding hydrogens is 316 g/mol. The Labute approximate surface area is 130 Å². The molecule has 8 heteroatoms. The van der Waals surface area contributed by atoms with Crippen LogP contribution in [0.15, 0.2) is 12.1 Å². The zero-order valence-corrected chi connectivity index (χ0v) is 12.5. The zero-order chi connectivity index (χ0) is 16.0. The number of aromatic nitrogens is 1. The topological polar surface area (TPSA) is 71.3 Å². The Kier molecular flexibility index (Phi) is 3.80. The Morgan fingerprint density at radius 1 is 1.45 bits per heavy atom. The van der Waals surface area contributed by atoms with Crippen LogP contribution in [-0.2, 0) is 4.74 Å². The average molecular weight is 330 g/mol. The third kappa shape index (κ3) is 2.25. The molecule has 0 spiro atoms. The van der Waals surface area contributed by atoms with Crippen molar-refractivity contribution in [3.63, 3.8) is 0 Å². The minimum absolute atomic E-state index is 0.128. The molecule has 1 amide bonds. The van der Waals surface area contributed by atoms with Crippen LogP contribution < -0.4 is 5.73 Å². The molecule has 3 rings (SSSR count). The smallest absolute Gasteiger partial charge is 0.273 e. The van der Waals surface area contributed by atoms with Gasteiger partial charge in [-0.25, -0.2) is 8.78 Å². The van der Waals surface area contributed by atoms with E-state index in [1.165, 1.54) is 18.1 Å². The minimum Gasteiger partial charge on any atom is -0.378 e. The molecule has 2 heterocycles. The number of carbonyl (C=O) groups excluding carboxylic acids is 1. The SMILES string of the molecule is CO[C@@H]1CN(C(=O)c2[nH]c3ccc(F)c(Cl)c3c2F)C[C@@H]1N. The lowest BCUT2D eigenvalue weighted by molar-refractivity contribution is 0.0708. The molecule has 2 aromatic rings. The van der Waals surface area contributed by atoms with Crippen molar-refractivity contribution in [3.8, 4) is 0 Å². The molecule has 1 aliphatic rings. The summed E-state index contributed by atoms with van der Waals surface area (Å²) in [6.07, 6.45) is -0.294. The molecule has 2 atom stereocenters. The van der Waals surface area contributed by atoms with Crippen LogP contribution in [0.4, 0.5) is 8.78 Å². The fourth-order valence-corrected chi connectivity index (χ4v) is 2.95. The Bertz CT molecular complexity index is 749. The van der Waals surface area contributed by atoms with Crippen molar-refractivity contribution in [2.45, 2.75) is 12.1 Å². The first-order valence-electron chi connectivity index (χ1n) is 6.66. The molecule has 118 valence electrons. The number of hydrogen-bond acceptors (Lipinski definition) is 3. The highest BCUT2D eigenvalue weighted by molar-refractivity contribution is 6.35. The van der Waals surface area contributed by atoms with E-state index in [0.717, 1.165) is 6.07 Å². The van der Waals surface area contributed by atoms with E-state index < -0.39 is 17.5 Å². The summed E-state index contributed by atoms with van der Waals surface area (Å²) in [5.74, 6) is -2.16. The molecule has 5 nitrogen and oxygen atoms in total. The maximum atomic E-state index is 14.5. The summed E-state index contributed by atoms with van der Waals surface area (Å²) in [4.78, 5) is 16.5. The lowest BCUT2D eigenvalue weighted by Crippen LogP contribution is -2.34. The van der Waals surface area contributed by atoms with Crippen LogP contribution in [0.25, 0.3) is 10.9 Å². The van der Waals surface area contributed by atoms with E-state index in [1.807, 2.05) is 0 Å². The lowest BCUT2D eigenvalue weighted by atomic mass is 10.2. The Morgan fingerprint density at radius 3 is 2.82 bits per heavy atom. The van der Waals surface area contributed by atoms with Gasteiger partial charge in [0.2, 0.25) is 0 Å². The van der Waals surface area contributed by atoms with Crippen molar-refractivity contribution in [3.05, 3.63) is 34.5 Å². The third-order valence-corrected chi connectivity index (χ3v) is 4.28. The van der Waals surface area contributed by atoms with E-state index in [-0.39, 0.29) is 46.9 Å². The largest absolute Gasteiger partial charge is 0.378 e. The Morgan fingerprint density at radius 2 is 2.18 bits per heavy atom. The molecule has 1 aliphatic heterocycles. The van der Waals surface area contributed by atoms with Gasteiger partial charge < -0.3 is 20.4 Å². The number of amides is 1. The van der Waals surface area contributed by atoms with E-state index in [0.29, 0.717) is 0 Å². The number of rotatable bonds is 2. The first-order valence-corrected chi connectivity index (χ1v) is 7.04. The number of nitrogens with zero attached hydrogens (tertiary/aromatic N) is 1. The summed E-state index contributed by atoms with van der Waals surface area (Å²) >= 11 is 5.78. The average Bonchev–Trinajstić information content (AvgIpc) is 3.03. The van der Waals surface area contributed by atoms with Crippen molar-refractivity contribution < 1.29 is 18.3 Å². The number of carbonyl (C=O) groups is 1. The predicted octanol–water partition coefficient (Wildman–Crippen LogP) is 1.90. The molecular formula is C14H14ClF2N3O2. The fraction of sp³-hybridized carbons (Fsp3) is 0.357. The van der Waals surface area contributed by atoms with Crippen molar-refractivity contribution in [1.82, 2.24) is 9.88 Å². The predicted molar refractivity (Wildman–Crippen MR) is 77.9 cm³/mol.